The van der Waals surface area contributed by atoms with Gasteiger partial charge in [0.25, 0.3) is 0 Å². The Morgan fingerprint density at radius 2 is 0.988 bits per heavy atom. The lowest BCUT2D eigenvalue weighted by Crippen LogP contribution is -2.61. The minimum atomic E-state index is -1.70. The van der Waals surface area contributed by atoms with E-state index < -0.39 is 194 Å². The second kappa shape index (κ2) is 33.9. The molecular formula is C56H82N10O20. The maximum absolute atomic E-state index is 14.6. The number of likely N-dealkylation sites (tertiary alicyclic amines) is 2. The first kappa shape index (κ1) is 70.0. The van der Waals surface area contributed by atoms with E-state index in [0.29, 0.717) is 12.0 Å². The highest BCUT2D eigenvalue weighted by Crippen LogP contribution is 2.28. The molecule has 0 aromatic heterocycles. The second-order valence-corrected chi connectivity index (χ2v) is 22.2. The number of nitrogens with zero attached hydrogens (tertiary/aromatic N) is 2. The molecule has 2 heterocycles. The zero-order valence-electron chi connectivity index (χ0n) is 48.5. The molecule has 0 unspecified atom stereocenters. The number of carbonyl (C=O) groups is 14. The van der Waals surface area contributed by atoms with Crippen molar-refractivity contribution in [1.29, 1.82) is 0 Å². The van der Waals surface area contributed by atoms with E-state index in [-0.39, 0.29) is 63.3 Å². The van der Waals surface area contributed by atoms with Gasteiger partial charge in [-0.1, -0.05) is 64.5 Å². The zero-order valence-corrected chi connectivity index (χ0v) is 48.5. The van der Waals surface area contributed by atoms with E-state index in [0.717, 1.165) is 37.0 Å². The highest BCUT2D eigenvalue weighted by molar-refractivity contribution is 5.99. The number of aliphatic carboxylic acids is 5. The van der Waals surface area contributed by atoms with Crippen molar-refractivity contribution in [3.8, 4) is 5.75 Å². The van der Waals surface area contributed by atoms with Gasteiger partial charge >= 0.3 is 29.8 Å². The fourth-order valence-corrected chi connectivity index (χ4v) is 10.6. The number of nitrogens with one attached hydrogen (secondary N) is 7. The van der Waals surface area contributed by atoms with Gasteiger partial charge in [0.15, 0.2) is 0 Å². The lowest BCUT2D eigenvalue weighted by Gasteiger charge is -2.34. The van der Waals surface area contributed by atoms with Crippen LogP contribution in [-0.2, 0) is 73.5 Å². The molecule has 476 valence electrons. The van der Waals surface area contributed by atoms with E-state index in [9.17, 15) is 97.8 Å². The third kappa shape index (κ3) is 21.9. The number of phenols is 1. The van der Waals surface area contributed by atoms with Crippen LogP contribution in [0.5, 0.6) is 5.75 Å². The SMILES string of the molecule is CC[C@H](C)[C@H](NC(=O)[C@@H]1CCCN1C(=O)[C@H](CCC(=O)O)NC(=O)[C@H](Cc1ccc(O)cc1)NC(=O)[C@@H](N)CC(=O)O)C(=O)N1CCC[C@H]1C(=O)N[C@@H](CCC(=O)O)C(=O)N[C@@H](CCC(=O)O)C(=O)N[C@@H](C)C(=O)N[C@@H](CC1CCCCC1)C(=O)O. The van der Waals surface area contributed by atoms with Crippen LogP contribution < -0.4 is 43.0 Å². The largest absolute Gasteiger partial charge is 0.508 e. The number of hydrogen-bond donors (Lipinski definition) is 14. The summed E-state index contributed by atoms with van der Waals surface area (Å²) >= 11 is 0. The van der Waals surface area contributed by atoms with Gasteiger partial charge in [-0.05, 0) is 87.8 Å². The van der Waals surface area contributed by atoms with Gasteiger partial charge < -0.3 is 83.4 Å². The Morgan fingerprint density at radius 3 is 1.51 bits per heavy atom. The number of benzene rings is 1. The molecule has 1 saturated carbocycles. The molecule has 1 aromatic carbocycles. The Kier molecular flexibility index (Phi) is 27.6. The summed E-state index contributed by atoms with van der Waals surface area (Å²) in [5.74, 6) is -15.9. The highest BCUT2D eigenvalue weighted by atomic mass is 16.4. The smallest absolute Gasteiger partial charge is 0.326 e. The molecule has 86 heavy (non-hydrogen) atoms. The predicted molar refractivity (Wildman–Crippen MR) is 300 cm³/mol. The first-order valence-corrected chi connectivity index (χ1v) is 29.0. The number of aromatic hydroxyl groups is 1. The Balaban J connectivity index is 1.51. The standard InChI is InChI=1S/C56H82N10O20/c1-4-29(2)46(64-53(82)41-13-8-24-65(41)54(83)37(20-23-44(72)73)61-51(80)38(26-32-14-16-33(67)17-15-32)62-48(77)34(57)28-45(74)75)55(84)66-25-9-12-40(66)52(81)60-36(19-22-43(70)71)50(79)59-35(18-21-42(68)69)49(78)58-30(3)47(76)63-39(56(85)86)27-31-10-6-5-7-11-31/h14-17,29-31,34-41,46,67H,4-13,18-28,57H2,1-3H3,(H,58,78)(H,59,79)(H,60,81)(H,61,80)(H,62,77)(H,63,76)(H,64,82)(H,68,69)(H,70,71)(H,72,73)(H,74,75)(H,85,86)/t29-,30-,34-,35-,36-,37-,38-,39-,40-,41-,46-/m0/s1. The highest BCUT2D eigenvalue weighted by Gasteiger charge is 2.44. The van der Waals surface area contributed by atoms with Gasteiger partial charge in [-0.15, -0.1) is 0 Å². The summed E-state index contributed by atoms with van der Waals surface area (Å²) < 4.78 is 0. The van der Waals surface area contributed by atoms with Crippen molar-refractivity contribution in [2.75, 3.05) is 13.1 Å². The summed E-state index contributed by atoms with van der Waals surface area (Å²) in [6, 6.07) is -9.20. The number of hydrogen-bond acceptors (Lipinski definition) is 16. The third-order valence-electron chi connectivity index (χ3n) is 15.7. The molecule has 2 saturated heterocycles. The lowest BCUT2D eigenvalue weighted by molar-refractivity contribution is -0.146. The second-order valence-electron chi connectivity index (χ2n) is 22.2. The lowest BCUT2D eigenvalue weighted by atomic mass is 9.85. The molecule has 9 amide bonds. The molecule has 0 radical (unpaired) electrons. The van der Waals surface area contributed by atoms with Crippen molar-refractivity contribution >= 4 is 83.0 Å². The van der Waals surface area contributed by atoms with Gasteiger partial charge in [0.1, 0.15) is 60.1 Å². The number of rotatable bonds is 34. The topological polar surface area (TPSA) is 477 Å². The van der Waals surface area contributed by atoms with E-state index in [2.05, 4.69) is 37.2 Å². The number of carboxylic acid groups (broad SMARTS) is 5. The van der Waals surface area contributed by atoms with Crippen LogP contribution in [0, 0.1) is 11.8 Å². The van der Waals surface area contributed by atoms with Crippen LogP contribution in [0.2, 0.25) is 0 Å². The molecule has 0 spiro atoms. The third-order valence-corrected chi connectivity index (χ3v) is 15.7. The summed E-state index contributed by atoms with van der Waals surface area (Å²) in [4.78, 5) is 187. The first-order valence-electron chi connectivity index (χ1n) is 29.0. The number of amides is 9. The van der Waals surface area contributed by atoms with Crippen LogP contribution in [0.4, 0.5) is 0 Å². The Hall–Kier alpha value is -8.44. The van der Waals surface area contributed by atoms with Crippen LogP contribution in [-0.4, -0.2) is 197 Å². The van der Waals surface area contributed by atoms with Gasteiger partial charge in [-0.2, -0.15) is 0 Å². The Labute approximate surface area is 495 Å². The number of nitrogens with two attached hydrogens (primary N) is 1. The summed E-state index contributed by atoms with van der Waals surface area (Å²) in [7, 11) is 0. The summed E-state index contributed by atoms with van der Waals surface area (Å²) in [6.45, 7) is 4.54. The summed E-state index contributed by atoms with van der Waals surface area (Å²) in [5, 5.41) is 74.8. The molecule has 3 fully saturated rings. The summed E-state index contributed by atoms with van der Waals surface area (Å²) in [6.07, 6.45) is 0.801. The van der Waals surface area contributed by atoms with E-state index in [1.807, 2.05) is 0 Å². The van der Waals surface area contributed by atoms with Gasteiger partial charge in [0, 0.05) is 38.8 Å². The summed E-state index contributed by atoms with van der Waals surface area (Å²) in [5.41, 5.74) is 6.16. The van der Waals surface area contributed by atoms with E-state index in [1.54, 1.807) is 13.8 Å². The van der Waals surface area contributed by atoms with Gasteiger partial charge in [0.2, 0.25) is 53.2 Å². The predicted octanol–water partition coefficient (Wildman–Crippen LogP) is -1.17. The maximum atomic E-state index is 14.6. The minimum Gasteiger partial charge on any atom is -0.508 e. The molecule has 1 aliphatic carbocycles. The number of carboxylic acids is 5. The number of phenolic OH excluding ortho intramolecular Hbond substituents is 1. The maximum Gasteiger partial charge on any atom is 0.326 e. The normalized spacial score (nSPS) is 19.1. The van der Waals surface area contributed by atoms with E-state index in [1.165, 1.54) is 36.1 Å². The van der Waals surface area contributed by atoms with E-state index >= 15 is 0 Å². The molecular weight excluding hydrogens is 1130 g/mol. The van der Waals surface area contributed by atoms with Gasteiger partial charge in [0.05, 0.1) is 12.5 Å². The van der Waals surface area contributed by atoms with Crippen LogP contribution in [0.3, 0.4) is 0 Å². The first-order chi connectivity index (χ1) is 40.6. The molecule has 30 nitrogen and oxygen atoms in total. The average Bonchev–Trinajstić information content (AvgIpc) is 2.48. The van der Waals surface area contributed by atoms with Crippen molar-refractivity contribution in [3.63, 3.8) is 0 Å². The van der Waals surface area contributed by atoms with Crippen molar-refractivity contribution in [2.45, 2.75) is 203 Å². The van der Waals surface area contributed by atoms with Crippen molar-refractivity contribution in [3.05, 3.63) is 29.8 Å². The van der Waals surface area contributed by atoms with Crippen LogP contribution >= 0.6 is 0 Å². The van der Waals surface area contributed by atoms with Gasteiger partial charge in [-0.25, -0.2) is 4.79 Å². The fourth-order valence-electron chi connectivity index (χ4n) is 10.6. The fraction of sp³-hybridized carbons (Fsp3) is 0.643. The molecule has 0 bridgehead atoms. The molecule has 1 aromatic rings. The minimum absolute atomic E-state index is 0.0264. The molecule has 2 aliphatic heterocycles. The molecule has 4 rings (SSSR count). The van der Waals surface area contributed by atoms with Crippen molar-refractivity contribution in [1.82, 2.24) is 47.0 Å². The molecule has 30 heteroatoms. The Bertz CT molecular complexity index is 2630. The molecule has 11 atom stereocenters. The molecule has 15 N–H and O–H groups in total. The van der Waals surface area contributed by atoms with Crippen LogP contribution in [0.25, 0.3) is 0 Å². The van der Waals surface area contributed by atoms with Crippen molar-refractivity contribution in [2.24, 2.45) is 17.6 Å². The van der Waals surface area contributed by atoms with Crippen LogP contribution in [0.15, 0.2) is 24.3 Å². The Morgan fingerprint density at radius 1 is 0.523 bits per heavy atom. The molecule has 3 aliphatic rings. The number of carbonyl (C=O) groups excluding carboxylic acids is 9. The van der Waals surface area contributed by atoms with Crippen molar-refractivity contribution < 1.29 is 97.8 Å². The quantitative estimate of drug-likeness (QED) is 0.0386. The van der Waals surface area contributed by atoms with Gasteiger partial charge in [-0.3, -0.25) is 62.3 Å². The van der Waals surface area contributed by atoms with E-state index in [4.69, 9.17) is 5.73 Å². The zero-order chi connectivity index (χ0) is 63.9. The monoisotopic (exact) mass is 1210 g/mol. The van der Waals surface area contributed by atoms with Crippen LogP contribution in [0.1, 0.15) is 142 Å². The average molecular weight is 1220 g/mol.